The minimum Gasteiger partial charge on any atom is -0.478 e. The van der Waals surface area contributed by atoms with E-state index in [0.29, 0.717) is 5.56 Å². The Morgan fingerprint density at radius 1 is 1.33 bits per heavy atom. The number of aromatic carboxylic acids is 1. The van der Waals surface area contributed by atoms with E-state index in [1.165, 1.54) is 17.8 Å². The predicted molar refractivity (Wildman–Crippen MR) is 70.9 cm³/mol. The van der Waals surface area contributed by atoms with Gasteiger partial charge in [-0.15, -0.1) is 11.3 Å². The first kappa shape index (κ1) is 11.4. The van der Waals surface area contributed by atoms with Crippen molar-refractivity contribution in [2.24, 2.45) is 5.92 Å². The molecule has 1 saturated carbocycles. The van der Waals surface area contributed by atoms with Gasteiger partial charge in [0.15, 0.2) is 0 Å². The number of thiazole rings is 1. The number of carboxylic acid groups (broad SMARTS) is 1. The molecule has 0 bridgehead atoms. The van der Waals surface area contributed by atoms with Crippen molar-refractivity contribution in [3.63, 3.8) is 0 Å². The highest BCUT2D eigenvalue weighted by atomic mass is 32.1. The van der Waals surface area contributed by atoms with Gasteiger partial charge in [-0.25, -0.2) is 9.78 Å². The van der Waals surface area contributed by atoms with Crippen molar-refractivity contribution >= 4 is 17.3 Å². The van der Waals surface area contributed by atoms with Crippen molar-refractivity contribution in [3.8, 4) is 11.3 Å². The third-order valence-electron chi connectivity index (χ3n) is 3.14. The van der Waals surface area contributed by atoms with Crippen LogP contribution in [0, 0.1) is 5.92 Å². The van der Waals surface area contributed by atoms with Crippen LogP contribution in [0.25, 0.3) is 11.3 Å². The lowest BCUT2D eigenvalue weighted by molar-refractivity contribution is 0.0697. The molecule has 0 atom stereocenters. The Kier molecular flexibility index (Phi) is 2.88. The molecular weight excluding hydrogens is 246 g/mol. The summed E-state index contributed by atoms with van der Waals surface area (Å²) in [6.07, 6.45) is 3.77. The van der Waals surface area contributed by atoms with Crippen LogP contribution >= 0.6 is 11.3 Å². The van der Waals surface area contributed by atoms with Gasteiger partial charge in [-0.2, -0.15) is 0 Å². The molecule has 1 aromatic carbocycles. The zero-order chi connectivity index (χ0) is 12.5. The molecule has 0 amide bonds. The number of rotatable bonds is 4. The molecular formula is C14H13NO2S. The van der Waals surface area contributed by atoms with Crippen molar-refractivity contribution in [2.45, 2.75) is 19.3 Å². The molecule has 18 heavy (non-hydrogen) atoms. The number of nitrogens with zero attached hydrogens (tertiary/aromatic N) is 1. The lowest BCUT2D eigenvalue weighted by Crippen LogP contribution is -1.95. The molecule has 1 heterocycles. The third kappa shape index (κ3) is 2.43. The van der Waals surface area contributed by atoms with Crippen LogP contribution in [0.4, 0.5) is 0 Å². The Morgan fingerprint density at radius 2 is 2.06 bits per heavy atom. The van der Waals surface area contributed by atoms with E-state index < -0.39 is 5.97 Å². The van der Waals surface area contributed by atoms with E-state index in [1.807, 2.05) is 17.5 Å². The lowest BCUT2D eigenvalue weighted by Gasteiger charge is -1.98. The first-order valence-electron chi connectivity index (χ1n) is 6.00. The Morgan fingerprint density at radius 3 is 2.67 bits per heavy atom. The van der Waals surface area contributed by atoms with E-state index in [4.69, 9.17) is 5.11 Å². The standard InChI is InChI=1S/C14H13NO2S/c16-14(17)11-5-3-10(4-6-11)12-8-18-13(15-12)7-9-1-2-9/h3-6,8-9H,1-2,7H2,(H,16,17). The van der Waals surface area contributed by atoms with E-state index in [1.54, 1.807) is 23.5 Å². The molecule has 1 aliphatic carbocycles. The van der Waals surface area contributed by atoms with E-state index in [2.05, 4.69) is 4.98 Å². The molecule has 92 valence electrons. The number of carboxylic acids is 1. The molecule has 3 rings (SSSR count). The fraction of sp³-hybridized carbons (Fsp3) is 0.286. The van der Waals surface area contributed by atoms with Gasteiger partial charge in [0.05, 0.1) is 16.3 Å². The summed E-state index contributed by atoms with van der Waals surface area (Å²) in [5, 5.41) is 12.1. The number of aromatic nitrogens is 1. The van der Waals surface area contributed by atoms with Gasteiger partial charge in [-0.1, -0.05) is 12.1 Å². The topological polar surface area (TPSA) is 50.2 Å². The highest BCUT2D eigenvalue weighted by molar-refractivity contribution is 7.09. The van der Waals surface area contributed by atoms with Gasteiger partial charge in [-0.3, -0.25) is 0 Å². The quantitative estimate of drug-likeness (QED) is 0.914. The second-order valence-corrected chi connectivity index (χ2v) is 5.60. The largest absolute Gasteiger partial charge is 0.478 e. The van der Waals surface area contributed by atoms with Crippen LogP contribution in [0.2, 0.25) is 0 Å². The van der Waals surface area contributed by atoms with E-state index in [-0.39, 0.29) is 0 Å². The summed E-state index contributed by atoms with van der Waals surface area (Å²) >= 11 is 1.70. The van der Waals surface area contributed by atoms with E-state index >= 15 is 0 Å². The average molecular weight is 259 g/mol. The molecule has 0 spiro atoms. The molecule has 4 heteroatoms. The summed E-state index contributed by atoms with van der Waals surface area (Å²) in [5.41, 5.74) is 2.25. The zero-order valence-electron chi connectivity index (χ0n) is 9.80. The normalized spacial score (nSPS) is 14.7. The molecule has 1 aromatic heterocycles. The number of hydrogen-bond acceptors (Lipinski definition) is 3. The highest BCUT2D eigenvalue weighted by Gasteiger charge is 2.22. The maximum atomic E-state index is 10.8. The summed E-state index contributed by atoms with van der Waals surface area (Å²) in [6, 6.07) is 6.88. The Labute approximate surface area is 109 Å². The Balaban J connectivity index is 1.80. The van der Waals surface area contributed by atoms with Crippen LogP contribution in [0.15, 0.2) is 29.6 Å². The lowest BCUT2D eigenvalue weighted by atomic mass is 10.1. The van der Waals surface area contributed by atoms with Crippen LogP contribution in [0.1, 0.15) is 28.2 Å². The van der Waals surface area contributed by atoms with E-state index in [0.717, 1.165) is 23.6 Å². The minimum absolute atomic E-state index is 0.312. The molecule has 1 fully saturated rings. The second-order valence-electron chi connectivity index (χ2n) is 4.66. The van der Waals surface area contributed by atoms with Gasteiger partial charge in [0.2, 0.25) is 0 Å². The van der Waals surface area contributed by atoms with Crippen molar-refractivity contribution in [3.05, 3.63) is 40.2 Å². The average Bonchev–Trinajstić information content (AvgIpc) is 3.05. The molecule has 0 unspecified atom stereocenters. The van der Waals surface area contributed by atoms with Crippen molar-refractivity contribution < 1.29 is 9.90 Å². The predicted octanol–water partition coefficient (Wildman–Crippen LogP) is 3.46. The zero-order valence-corrected chi connectivity index (χ0v) is 10.6. The fourth-order valence-corrected chi connectivity index (χ4v) is 2.81. The van der Waals surface area contributed by atoms with Gasteiger partial charge in [-0.05, 0) is 30.9 Å². The number of benzene rings is 1. The van der Waals surface area contributed by atoms with Gasteiger partial charge < -0.3 is 5.11 Å². The second kappa shape index (κ2) is 4.53. The fourth-order valence-electron chi connectivity index (χ4n) is 1.89. The summed E-state index contributed by atoms with van der Waals surface area (Å²) in [6.45, 7) is 0. The maximum Gasteiger partial charge on any atom is 0.335 e. The summed E-state index contributed by atoms with van der Waals surface area (Å²) in [4.78, 5) is 15.4. The van der Waals surface area contributed by atoms with Crippen molar-refractivity contribution in [1.29, 1.82) is 0 Å². The first-order chi connectivity index (χ1) is 8.72. The van der Waals surface area contributed by atoms with Crippen molar-refractivity contribution in [2.75, 3.05) is 0 Å². The third-order valence-corrected chi connectivity index (χ3v) is 4.01. The van der Waals surface area contributed by atoms with Crippen LogP contribution in [0.5, 0.6) is 0 Å². The van der Waals surface area contributed by atoms with E-state index in [9.17, 15) is 4.79 Å². The molecule has 1 aliphatic rings. The molecule has 0 aliphatic heterocycles. The summed E-state index contributed by atoms with van der Waals surface area (Å²) in [7, 11) is 0. The number of carbonyl (C=O) groups is 1. The van der Waals surface area contributed by atoms with Gasteiger partial charge in [0.1, 0.15) is 0 Å². The summed E-state index contributed by atoms with van der Waals surface area (Å²) in [5.74, 6) is -0.0485. The SMILES string of the molecule is O=C(O)c1ccc(-c2csc(CC3CC3)n2)cc1. The molecule has 0 radical (unpaired) electrons. The van der Waals surface area contributed by atoms with Crippen LogP contribution in [-0.2, 0) is 6.42 Å². The highest BCUT2D eigenvalue weighted by Crippen LogP contribution is 2.34. The van der Waals surface area contributed by atoms with Gasteiger partial charge in [0, 0.05) is 17.4 Å². The van der Waals surface area contributed by atoms with Crippen LogP contribution < -0.4 is 0 Å². The Bertz CT molecular complexity index is 570. The number of hydrogen-bond donors (Lipinski definition) is 1. The molecule has 2 aromatic rings. The first-order valence-corrected chi connectivity index (χ1v) is 6.88. The molecule has 0 saturated heterocycles. The smallest absolute Gasteiger partial charge is 0.335 e. The Hall–Kier alpha value is -1.68. The van der Waals surface area contributed by atoms with Crippen LogP contribution in [-0.4, -0.2) is 16.1 Å². The molecule has 1 N–H and O–H groups in total. The van der Waals surface area contributed by atoms with Crippen LogP contribution in [0.3, 0.4) is 0 Å². The maximum absolute atomic E-state index is 10.8. The van der Waals surface area contributed by atoms with Gasteiger partial charge >= 0.3 is 5.97 Å². The summed E-state index contributed by atoms with van der Waals surface area (Å²) < 4.78 is 0. The minimum atomic E-state index is -0.894. The van der Waals surface area contributed by atoms with Crippen molar-refractivity contribution in [1.82, 2.24) is 4.98 Å². The van der Waals surface area contributed by atoms with Gasteiger partial charge in [0.25, 0.3) is 0 Å². The molecule has 3 nitrogen and oxygen atoms in total. The monoisotopic (exact) mass is 259 g/mol.